The highest BCUT2D eigenvalue weighted by molar-refractivity contribution is 7.91. The first kappa shape index (κ1) is 18.9. The van der Waals surface area contributed by atoms with Gasteiger partial charge in [-0.05, 0) is 24.3 Å². The molecule has 2 unspecified atom stereocenters. The van der Waals surface area contributed by atoms with Gasteiger partial charge in [0.25, 0.3) is 10.0 Å². The Morgan fingerprint density at radius 1 is 1.21 bits per heavy atom. The van der Waals surface area contributed by atoms with Crippen molar-refractivity contribution in [2.45, 2.75) is 48.8 Å². The molecule has 1 fully saturated rings. The second-order valence-corrected chi connectivity index (χ2v) is 8.81. The van der Waals surface area contributed by atoms with Gasteiger partial charge in [0.2, 0.25) is 5.91 Å². The van der Waals surface area contributed by atoms with Crippen molar-refractivity contribution in [3.8, 4) is 0 Å². The maximum Gasteiger partial charge on any atom is 0.308 e. The Hall–Kier alpha value is -1.45. The molecule has 2 atom stereocenters. The first-order chi connectivity index (χ1) is 11.4. The number of carboxylic acid groups (broad SMARTS) is 1. The Morgan fingerprint density at radius 3 is 2.54 bits per heavy atom. The van der Waals surface area contributed by atoms with Crippen LogP contribution in [0.25, 0.3) is 0 Å². The van der Waals surface area contributed by atoms with Crippen LogP contribution in [0.15, 0.2) is 21.7 Å². The lowest BCUT2D eigenvalue weighted by molar-refractivity contribution is -0.143. The highest BCUT2D eigenvalue weighted by Crippen LogP contribution is 2.23. The summed E-state index contributed by atoms with van der Waals surface area (Å²) in [6.45, 7) is -0.400. The monoisotopic (exact) mass is 374 g/mol. The minimum atomic E-state index is -3.70. The SMILES string of the molecule is O=C(CNS(=O)(=O)c1cccs1)NC1CCCCCCC1C(=O)O. The van der Waals surface area contributed by atoms with Gasteiger partial charge in [-0.2, -0.15) is 0 Å². The van der Waals surface area contributed by atoms with Crippen LogP contribution in [0.4, 0.5) is 0 Å². The van der Waals surface area contributed by atoms with Crippen LogP contribution < -0.4 is 10.0 Å². The molecule has 1 amide bonds. The summed E-state index contributed by atoms with van der Waals surface area (Å²) < 4.78 is 26.4. The fourth-order valence-electron chi connectivity index (χ4n) is 2.86. The number of sulfonamides is 1. The molecule has 1 aromatic rings. The van der Waals surface area contributed by atoms with Gasteiger partial charge in [0, 0.05) is 6.04 Å². The van der Waals surface area contributed by atoms with Crippen LogP contribution >= 0.6 is 11.3 Å². The van der Waals surface area contributed by atoms with E-state index in [1.807, 2.05) is 0 Å². The summed E-state index contributed by atoms with van der Waals surface area (Å²) in [5.41, 5.74) is 0. The van der Waals surface area contributed by atoms with Gasteiger partial charge in [-0.1, -0.05) is 31.7 Å². The predicted molar refractivity (Wildman–Crippen MR) is 90.3 cm³/mol. The van der Waals surface area contributed by atoms with E-state index in [1.165, 1.54) is 6.07 Å². The van der Waals surface area contributed by atoms with Gasteiger partial charge in [0.05, 0.1) is 12.5 Å². The standard InChI is InChI=1S/C15H22N2O5S2/c18-13(10-16-24(21,22)14-8-5-9-23-14)17-12-7-4-2-1-3-6-11(12)15(19)20/h5,8-9,11-12,16H,1-4,6-7,10H2,(H,17,18)(H,19,20). The van der Waals surface area contributed by atoms with Crippen molar-refractivity contribution in [2.24, 2.45) is 5.92 Å². The molecule has 2 rings (SSSR count). The number of carboxylic acids is 1. The van der Waals surface area contributed by atoms with Gasteiger partial charge in [-0.15, -0.1) is 11.3 Å². The summed E-state index contributed by atoms with van der Waals surface area (Å²) in [5.74, 6) is -2.04. The van der Waals surface area contributed by atoms with Crippen molar-refractivity contribution in [3.05, 3.63) is 17.5 Å². The number of amides is 1. The molecule has 0 radical (unpaired) electrons. The zero-order chi connectivity index (χ0) is 17.6. The normalized spacial score (nSPS) is 22.3. The molecule has 0 bridgehead atoms. The summed E-state index contributed by atoms with van der Waals surface area (Å²) in [6, 6.07) is 2.62. The second-order valence-electron chi connectivity index (χ2n) is 5.87. The van der Waals surface area contributed by atoms with E-state index in [1.54, 1.807) is 11.4 Å². The third kappa shape index (κ3) is 5.29. The average molecular weight is 374 g/mol. The molecule has 9 heteroatoms. The lowest BCUT2D eigenvalue weighted by Gasteiger charge is -2.27. The quantitative estimate of drug-likeness (QED) is 0.699. The van der Waals surface area contributed by atoms with Crippen molar-refractivity contribution in [1.29, 1.82) is 0 Å². The Balaban J connectivity index is 1.93. The number of carbonyl (C=O) groups excluding carboxylic acids is 1. The van der Waals surface area contributed by atoms with Crippen molar-refractivity contribution in [3.63, 3.8) is 0 Å². The molecule has 1 aromatic heterocycles. The van der Waals surface area contributed by atoms with E-state index in [4.69, 9.17) is 0 Å². The van der Waals surface area contributed by atoms with Crippen molar-refractivity contribution in [1.82, 2.24) is 10.0 Å². The molecule has 24 heavy (non-hydrogen) atoms. The Kier molecular flexibility index (Phi) is 6.76. The van der Waals surface area contributed by atoms with Crippen LogP contribution in [0.3, 0.4) is 0 Å². The minimum Gasteiger partial charge on any atom is -0.481 e. The summed E-state index contributed by atoms with van der Waals surface area (Å²) in [4.78, 5) is 23.5. The first-order valence-electron chi connectivity index (χ1n) is 7.95. The van der Waals surface area contributed by atoms with Gasteiger partial charge >= 0.3 is 5.97 Å². The highest BCUT2D eigenvalue weighted by Gasteiger charge is 2.30. The molecule has 3 N–H and O–H groups in total. The maximum absolute atomic E-state index is 12.1. The van der Waals surface area contributed by atoms with Gasteiger partial charge in [-0.25, -0.2) is 13.1 Å². The van der Waals surface area contributed by atoms with Crippen molar-refractivity contribution < 1.29 is 23.1 Å². The Morgan fingerprint density at radius 2 is 1.92 bits per heavy atom. The molecule has 1 aliphatic rings. The van der Waals surface area contributed by atoms with Crippen molar-refractivity contribution >= 4 is 33.2 Å². The number of hydrogen-bond acceptors (Lipinski definition) is 5. The third-order valence-electron chi connectivity index (χ3n) is 4.11. The molecule has 0 saturated heterocycles. The molecule has 0 spiro atoms. The summed E-state index contributed by atoms with van der Waals surface area (Å²) in [7, 11) is -3.70. The second kappa shape index (κ2) is 8.59. The number of hydrogen-bond donors (Lipinski definition) is 3. The summed E-state index contributed by atoms with van der Waals surface area (Å²) >= 11 is 1.07. The fourth-order valence-corrected chi connectivity index (χ4v) is 4.88. The zero-order valence-electron chi connectivity index (χ0n) is 13.2. The molecule has 7 nitrogen and oxygen atoms in total. The fraction of sp³-hybridized carbons (Fsp3) is 0.600. The van der Waals surface area contributed by atoms with E-state index >= 15 is 0 Å². The predicted octanol–water partition coefficient (Wildman–Crippen LogP) is 1.57. The number of nitrogens with one attached hydrogen (secondary N) is 2. The minimum absolute atomic E-state index is 0.143. The number of carbonyl (C=O) groups is 2. The van der Waals surface area contributed by atoms with E-state index in [9.17, 15) is 23.1 Å². The summed E-state index contributed by atoms with van der Waals surface area (Å²) in [5, 5.41) is 13.7. The van der Waals surface area contributed by atoms with Crippen LogP contribution in [-0.4, -0.2) is 38.0 Å². The van der Waals surface area contributed by atoms with Crippen LogP contribution in [-0.2, 0) is 19.6 Å². The zero-order valence-corrected chi connectivity index (χ0v) is 14.9. The molecule has 0 aliphatic heterocycles. The van der Waals surface area contributed by atoms with Gasteiger partial charge in [0.1, 0.15) is 4.21 Å². The van der Waals surface area contributed by atoms with Crippen LogP contribution in [0.1, 0.15) is 38.5 Å². The topological polar surface area (TPSA) is 113 Å². The lowest BCUT2D eigenvalue weighted by Crippen LogP contribution is -2.47. The van der Waals surface area contributed by atoms with Gasteiger partial charge in [-0.3, -0.25) is 9.59 Å². The van der Waals surface area contributed by atoms with Crippen molar-refractivity contribution in [2.75, 3.05) is 6.54 Å². The first-order valence-corrected chi connectivity index (χ1v) is 10.3. The summed E-state index contributed by atoms with van der Waals surface area (Å²) in [6.07, 6.45) is 4.83. The number of aliphatic carboxylic acids is 1. The van der Waals surface area contributed by atoms with Crippen LogP contribution in [0, 0.1) is 5.92 Å². The van der Waals surface area contributed by atoms with Crippen LogP contribution in [0.2, 0.25) is 0 Å². The van der Waals surface area contributed by atoms with E-state index < -0.39 is 40.4 Å². The smallest absolute Gasteiger partial charge is 0.308 e. The van der Waals surface area contributed by atoms with Crippen LogP contribution in [0.5, 0.6) is 0 Å². The van der Waals surface area contributed by atoms with E-state index in [2.05, 4.69) is 10.0 Å². The Labute approximate surface area is 145 Å². The van der Waals surface area contributed by atoms with E-state index in [0.717, 1.165) is 37.0 Å². The van der Waals surface area contributed by atoms with E-state index in [-0.39, 0.29) is 4.21 Å². The lowest BCUT2D eigenvalue weighted by atomic mass is 9.87. The van der Waals surface area contributed by atoms with Gasteiger partial charge < -0.3 is 10.4 Å². The largest absolute Gasteiger partial charge is 0.481 e. The molecular formula is C15H22N2O5S2. The number of thiophene rings is 1. The molecule has 134 valence electrons. The van der Waals surface area contributed by atoms with Gasteiger partial charge in [0.15, 0.2) is 0 Å². The average Bonchev–Trinajstić information content (AvgIpc) is 3.03. The molecule has 1 heterocycles. The third-order valence-corrected chi connectivity index (χ3v) is 6.91. The maximum atomic E-state index is 12.1. The number of rotatable bonds is 6. The molecule has 0 aromatic carbocycles. The highest BCUT2D eigenvalue weighted by atomic mass is 32.2. The molecule has 1 saturated carbocycles. The Bertz CT molecular complexity index is 657. The molecule has 1 aliphatic carbocycles. The van der Waals surface area contributed by atoms with E-state index in [0.29, 0.717) is 12.8 Å². The molecular weight excluding hydrogens is 352 g/mol.